The Morgan fingerprint density at radius 3 is 2.59 bits per heavy atom. The normalized spacial score (nSPS) is 13.7. The quantitative estimate of drug-likeness (QED) is 0.302. The molecule has 5 rings (SSSR count). The molecule has 1 aromatic heterocycles. The first-order valence-corrected chi connectivity index (χ1v) is 10.8. The van der Waals surface area contributed by atoms with E-state index in [1.807, 2.05) is 79.0 Å². The van der Waals surface area contributed by atoms with Gasteiger partial charge in [0.05, 0.1) is 5.57 Å². The predicted molar refractivity (Wildman–Crippen MR) is 131 cm³/mol. The van der Waals surface area contributed by atoms with Crippen molar-refractivity contribution in [1.29, 1.82) is 0 Å². The molecule has 1 aliphatic rings. The van der Waals surface area contributed by atoms with Gasteiger partial charge in [0.25, 0.3) is 11.8 Å². The fourth-order valence-electron chi connectivity index (χ4n) is 3.82. The van der Waals surface area contributed by atoms with Crippen molar-refractivity contribution in [2.45, 2.75) is 0 Å². The van der Waals surface area contributed by atoms with Gasteiger partial charge in [-0.2, -0.15) is 0 Å². The number of anilines is 2. The van der Waals surface area contributed by atoms with Crippen molar-refractivity contribution in [2.75, 3.05) is 10.6 Å². The van der Waals surface area contributed by atoms with Crippen LogP contribution in [0.4, 0.5) is 11.4 Å². The number of hydrogen-bond donors (Lipinski definition) is 3. The molecule has 0 unspecified atom stereocenters. The first kappa shape index (κ1) is 20.0. The summed E-state index contributed by atoms with van der Waals surface area (Å²) < 4.78 is 0.845. The fourth-order valence-corrected chi connectivity index (χ4v) is 4.21. The van der Waals surface area contributed by atoms with Crippen LogP contribution < -0.4 is 10.6 Å². The lowest BCUT2D eigenvalue weighted by atomic mass is 9.94. The first-order chi connectivity index (χ1) is 15.6. The fraction of sp³-hybridized carbons (Fsp3) is 0. The van der Waals surface area contributed by atoms with Crippen molar-refractivity contribution >= 4 is 50.8 Å². The molecule has 0 radical (unpaired) electrons. The average molecular weight is 484 g/mol. The summed E-state index contributed by atoms with van der Waals surface area (Å²) in [6, 6.07) is 24.5. The number of aromatic nitrogens is 1. The van der Waals surface area contributed by atoms with Gasteiger partial charge in [-0.3, -0.25) is 9.59 Å². The van der Waals surface area contributed by atoms with Crippen LogP contribution in [0, 0.1) is 0 Å². The number of aromatic amines is 1. The number of carbonyl (C=O) groups is 2. The third-order valence-electron chi connectivity index (χ3n) is 5.27. The van der Waals surface area contributed by atoms with Crippen LogP contribution in [0.2, 0.25) is 0 Å². The van der Waals surface area contributed by atoms with Crippen LogP contribution in [0.15, 0.2) is 89.5 Å². The lowest BCUT2D eigenvalue weighted by molar-refractivity contribution is -0.110. The summed E-state index contributed by atoms with van der Waals surface area (Å²) in [5.41, 5.74) is 6.14. The standard InChI is InChI=1S/C26H18BrN3O2/c27-18-7-1-6-17(13-18)25(31)29-20-8-2-5-16(14-20)21-10-3-11-23-24(21)22(26(32)30-23)15-19-9-4-12-28-19/h1-15,28H,(H,29,31)(H,30,32). The summed E-state index contributed by atoms with van der Waals surface area (Å²) in [5, 5.41) is 5.91. The zero-order chi connectivity index (χ0) is 22.1. The molecule has 0 aliphatic carbocycles. The molecule has 4 aromatic rings. The van der Waals surface area contributed by atoms with E-state index in [-0.39, 0.29) is 11.8 Å². The highest BCUT2D eigenvalue weighted by Crippen LogP contribution is 2.40. The summed E-state index contributed by atoms with van der Waals surface area (Å²) in [7, 11) is 0. The van der Waals surface area contributed by atoms with Crippen LogP contribution in [-0.4, -0.2) is 16.8 Å². The first-order valence-electron chi connectivity index (χ1n) is 10.1. The monoisotopic (exact) mass is 483 g/mol. The average Bonchev–Trinajstić information content (AvgIpc) is 3.42. The minimum atomic E-state index is -0.189. The molecule has 0 atom stereocenters. The molecule has 2 amide bonds. The van der Waals surface area contributed by atoms with E-state index >= 15 is 0 Å². The van der Waals surface area contributed by atoms with Gasteiger partial charge < -0.3 is 15.6 Å². The molecule has 1 aliphatic heterocycles. The number of rotatable bonds is 4. The maximum absolute atomic E-state index is 12.7. The number of H-pyrrole nitrogens is 1. The second-order valence-corrected chi connectivity index (χ2v) is 8.33. The molecule has 32 heavy (non-hydrogen) atoms. The number of hydrogen-bond acceptors (Lipinski definition) is 2. The van der Waals surface area contributed by atoms with E-state index in [0.717, 1.165) is 32.5 Å². The minimum Gasteiger partial charge on any atom is -0.362 e. The summed E-state index contributed by atoms with van der Waals surface area (Å²) in [5.74, 6) is -0.327. The molecule has 0 spiro atoms. The number of nitrogens with one attached hydrogen (secondary N) is 3. The SMILES string of the molecule is O=C1Nc2cccc(-c3cccc(NC(=O)c4cccc(Br)c4)c3)c2C1=Cc1ccc[nH]1. The Bertz CT molecular complexity index is 1370. The number of benzene rings is 3. The predicted octanol–water partition coefficient (Wildman–Crippen LogP) is 6.19. The van der Waals surface area contributed by atoms with E-state index in [1.165, 1.54) is 0 Å². The number of fused-ring (bicyclic) bond motifs is 1. The zero-order valence-electron chi connectivity index (χ0n) is 16.9. The van der Waals surface area contributed by atoms with Crippen LogP contribution in [0.3, 0.4) is 0 Å². The Balaban J connectivity index is 1.52. The van der Waals surface area contributed by atoms with E-state index in [1.54, 1.807) is 12.1 Å². The highest BCUT2D eigenvalue weighted by atomic mass is 79.9. The third-order valence-corrected chi connectivity index (χ3v) is 5.76. The molecule has 5 nitrogen and oxygen atoms in total. The molecule has 2 heterocycles. The van der Waals surface area contributed by atoms with E-state index in [0.29, 0.717) is 16.8 Å². The second kappa shape index (κ2) is 8.32. The maximum Gasteiger partial charge on any atom is 0.256 e. The largest absolute Gasteiger partial charge is 0.362 e. The Morgan fingerprint density at radius 1 is 0.938 bits per heavy atom. The number of halogens is 1. The Labute approximate surface area is 193 Å². The van der Waals surface area contributed by atoms with Gasteiger partial charge in [-0.05, 0) is 65.7 Å². The Morgan fingerprint density at radius 2 is 1.78 bits per heavy atom. The van der Waals surface area contributed by atoms with Gasteiger partial charge >= 0.3 is 0 Å². The van der Waals surface area contributed by atoms with Gasteiger partial charge in [0.2, 0.25) is 0 Å². The van der Waals surface area contributed by atoms with Crippen molar-refractivity contribution in [3.8, 4) is 11.1 Å². The smallest absolute Gasteiger partial charge is 0.256 e. The Kier molecular flexibility index (Phi) is 5.21. The molecule has 0 bridgehead atoms. The second-order valence-electron chi connectivity index (χ2n) is 7.41. The molecule has 0 saturated heterocycles. The van der Waals surface area contributed by atoms with Crippen LogP contribution in [0.1, 0.15) is 21.6 Å². The van der Waals surface area contributed by atoms with Gasteiger partial charge in [-0.25, -0.2) is 0 Å². The highest BCUT2D eigenvalue weighted by Gasteiger charge is 2.27. The number of amides is 2. The maximum atomic E-state index is 12.7. The van der Waals surface area contributed by atoms with Crippen LogP contribution in [0.25, 0.3) is 22.8 Å². The summed E-state index contributed by atoms with van der Waals surface area (Å²) in [6.45, 7) is 0. The van der Waals surface area contributed by atoms with Crippen LogP contribution >= 0.6 is 15.9 Å². The lowest BCUT2D eigenvalue weighted by Crippen LogP contribution is -2.11. The van der Waals surface area contributed by atoms with Gasteiger partial charge in [-0.15, -0.1) is 0 Å². The molecule has 3 aromatic carbocycles. The van der Waals surface area contributed by atoms with Gasteiger partial charge in [0.1, 0.15) is 0 Å². The highest BCUT2D eigenvalue weighted by molar-refractivity contribution is 9.10. The zero-order valence-corrected chi connectivity index (χ0v) is 18.4. The van der Waals surface area contributed by atoms with E-state index < -0.39 is 0 Å². The molecule has 6 heteroatoms. The molecular weight excluding hydrogens is 466 g/mol. The van der Waals surface area contributed by atoms with Crippen LogP contribution in [-0.2, 0) is 4.79 Å². The van der Waals surface area contributed by atoms with E-state index in [4.69, 9.17) is 0 Å². The summed E-state index contributed by atoms with van der Waals surface area (Å²) >= 11 is 3.40. The molecule has 156 valence electrons. The third kappa shape index (κ3) is 3.88. The molecule has 0 saturated carbocycles. The summed E-state index contributed by atoms with van der Waals surface area (Å²) in [4.78, 5) is 28.5. The molecule has 0 fully saturated rings. The van der Waals surface area contributed by atoms with Gasteiger partial charge in [-0.1, -0.05) is 46.3 Å². The summed E-state index contributed by atoms with van der Waals surface area (Å²) in [6.07, 6.45) is 3.67. The van der Waals surface area contributed by atoms with Crippen molar-refractivity contribution in [2.24, 2.45) is 0 Å². The van der Waals surface area contributed by atoms with Crippen LogP contribution in [0.5, 0.6) is 0 Å². The van der Waals surface area contributed by atoms with E-state index in [2.05, 4.69) is 31.5 Å². The molecular formula is C26H18BrN3O2. The van der Waals surface area contributed by atoms with Crippen molar-refractivity contribution < 1.29 is 9.59 Å². The van der Waals surface area contributed by atoms with E-state index in [9.17, 15) is 9.59 Å². The van der Waals surface area contributed by atoms with Crippen molar-refractivity contribution in [1.82, 2.24) is 4.98 Å². The van der Waals surface area contributed by atoms with Crippen molar-refractivity contribution in [3.63, 3.8) is 0 Å². The minimum absolute atomic E-state index is 0.138. The van der Waals surface area contributed by atoms with Gasteiger partial charge in [0.15, 0.2) is 0 Å². The van der Waals surface area contributed by atoms with Crippen molar-refractivity contribution in [3.05, 3.63) is 106 Å². The Hall–Kier alpha value is -3.90. The van der Waals surface area contributed by atoms with Gasteiger partial charge in [0, 0.05) is 38.9 Å². The molecule has 3 N–H and O–H groups in total. The topological polar surface area (TPSA) is 74.0 Å². The number of carbonyl (C=O) groups excluding carboxylic acids is 2. The lowest BCUT2D eigenvalue weighted by Gasteiger charge is -2.11.